The first kappa shape index (κ1) is 18.6. The zero-order chi connectivity index (χ0) is 18.9. The van der Waals surface area contributed by atoms with E-state index < -0.39 is 61.9 Å². The quantitative estimate of drug-likeness (QED) is 0.654. The first-order chi connectivity index (χ1) is 11.6. The summed E-state index contributed by atoms with van der Waals surface area (Å²) in [6.07, 6.45) is 0. The van der Waals surface area contributed by atoms with Gasteiger partial charge in [0.2, 0.25) is 28.5 Å². The number of nitriles is 1. The molecule has 0 bridgehead atoms. The van der Waals surface area contributed by atoms with Crippen LogP contribution in [0.15, 0.2) is 23.1 Å². The summed E-state index contributed by atoms with van der Waals surface area (Å²) in [6.45, 7) is -1.76. The minimum absolute atomic E-state index is 0.230. The molecular weight excluding hydrogens is 371 g/mol. The highest BCUT2D eigenvalue weighted by molar-refractivity contribution is 7.89. The third kappa shape index (κ3) is 3.26. The van der Waals surface area contributed by atoms with Gasteiger partial charge in [0.15, 0.2) is 17.4 Å². The molecule has 0 saturated carbocycles. The molecule has 0 unspecified atom stereocenters. The molecule has 0 aliphatic carbocycles. The van der Waals surface area contributed by atoms with E-state index in [1.807, 2.05) is 0 Å². The third-order valence-electron chi connectivity index (χ3n) is 3.11. The first-order valence-electron chi connectivity index (χ1n) is 6.25. The van der Waals surface area contributed by atoms with Gasteiger partial charge in [-0.3, -0.25) is 0 Å². The van der Waals surface area contributed by atoms with Crippen LogP contribution in [0, 0.1) is 34.6 Å². The van der Waals surface area contributed by atoms with Crippen LogP contribution in [0.5, 0.6) is 5.75 Å². The lowest BCUT2D eigenvalue weighted by Crippen LogP contribution is -2.15. The van der Waals surface area contributed by atoms with Crippen LogP contribution in [0.3, 0.4) is 0 Å². The number of halogens is 5. The molecule has 2 rings (SSSR count). The van der Waals surface area contributed by atoms with Gasteiger partial charge in [-0.15, -0.1) is 0 Å². The Morgan fingerprint density at radius 2 is 1.64 bits per heavy atom. The van der Waals surface area contributed by atoms with Gasteiger partial charge >= 0.3 is 0 Å². The fourth-order valence-electron chi connectivity index (χ4n) is 2.06. The summed E-state index contributed by atoms with van der Waals surface area (Å²) in [6, 6.07) is 3.99. The Labute approximate surface area is 138 Å². The molecule has 0 atom stereocenters. The summed E-state index contributed by atoms with van der Waals surface area (Å²) in [5, 5.41) is 13.7. The molecule has 5 nitrogen and oxygen atoms in total. The summed E-state index contributed by atoms with van der Waals surface area (Å²) in [4.78, 5) is -0.928. The van der Waals surface area contributed by atoms with Gasteiger partial charge in [-0.2, -0.15) is 14.0 Å². The predicted molar refractivity (Wildman–Crippen MR) is 74.4 cm³/mol. The Bertz CT molecular complexity index is 973. The van der Waals surface area contributed by atoms with Crippen LogP contribution >= 0.6 is 0 Å². The number of primary sulfonamides is 1. The molecule has 0 aliphatic heterocycles. The maximum absolute atomic E-state index is 14.2. The van der Waals surface area contributed by atoms with E-state index in [1.165, 1.54) is 0 Å². The van der Waals surface area contributed by atoms with Gasteiger partial charge in [-0.25, -0.2) is 26.7 Å². The molecule has 0 radical (unpaired) electrons. The molecule has 25 heavy (non-hydrogen) atoms. The van der Waals surface area contributed by atoms with E-state index in [-0.39, 0.29) is 5.56 Å². The second-order valence-corrected chi connectivity index (χ2v) is 6.11. The number of hydrogen-bond acceptors (Lipinski definition) is 4. The summed E-state index contributed by atoms with van der Waals surface area (Å²) < 4.78 is 95.3. The zero-order valence-corrected chi connectivity index (χ0v) is 12.8. The Morgan fingerprint density at radius 3 is 2.08 bits per heavy atom. The minimum Gasteiger partial charge on any atom is -0.457 e. The van der Waals surface area contributed by atoms with Crippen molar-refractivity contribution in [3.8, 4) is 22.9 Å². The van der Waals surface area contributed by atoms with E-state index in [9.17, 15) is 30.4 Å². The number of alkyl halides is 1. The van der Waals surface area contributed by atoms with Crippen LogP contribution in [0.25, 0.3) is 11.1 Å². The van der Waals surface area contributed by atoms with Gasteiger partial charge in [-0.1, -0.05) is 6.07 Å². The molecule has 11 heteroatoms. The fraction of sp³-hybridized carbons (Fsp3) is 0.0714. The lowest BCUT2D eigenvalue weighted by Gasteiger charge is -2.14. The number of nitrogens with two attached hydrogens (primary N) is 1. The maximum Gasteiger partial charge on any atom is 0.238 e. The van der Waals surface area contributed by atoms with Crippen LogP contribution in [-0.4, -0.2) is 15.3 Å². The molecule has 2 aromatic rings. The lowest BCUT2D eigenvalue weighted by molar-refractivity contribution is 0.172. The van der Waals surface area contributed by atoms with Crippen molar-refractivity contribution >= 4 is 10.0 Å². The average Bonchev–Trinajstić information content (AvgIpc) is 2.56. The molecule has 0 spiro atoms. The first-order valence-corrected chi connectivity index (χ1v) is 7.80. The summed E-state index contributed by atoms with van der Waals surface area (Å²) in [7, 11) is -4.61. The third-order valence-corrected chi connectivity index (χ3v) is 4.06. The van der Waals surface area contributed by atoms with Crippen LogP contribution in [0.4, 0.5) is 22.0 Å². The van der Waals surface area contributed by atoms with E-state index in [1.54, 1.807) is 6.07 Å². The van der Waals surface area contributed by atoms with Gasteiger partial charge < -0.3 is 4.74 Å². The van der Waals surface area contributed by atoms with Crippen molar-refractivity contribution in [2.45, 2.75) is 4.90 Å². The molecule has 0 aliphatic rings. The molecule has 132 valence electrons. The molecule has 0 amide bonds. The highest BCUT2D eigenvalue weighted by Crippen LogP contribution is 2.38. The Kier molecular flexibility index (Phi) is 4.96. The number of hydrogen-bond donors (Lipinski definition) is 1. The second kappa shape index (κ2) is 6.66. The van der Waals surface area contributed by atoms with Crippen molar-refractivity contribution in [2.24, 2.45) is 5.14 Å². The zero-order valence-electron chi connectivity index (χ0n) is 12.0. The highest BCUT2D eigenvalue weighted by Gasteiger charge is 2.30. The van der Waals surface area contributed by atoms with Crippen molar-refractivity contribution in [1.29, 1.82) is 5.26 Å². The van der Waals surface area contributed by atoms with Crippen molar-refractivity contribution in [3.63, 3.8) is 0 Å². The molecule has 0 heterocycles. The predicted octanol–water partition coefficient (Wildman–Crippen LogP) is 2.73. The smallest absolute Gasteiger partial charge is 0.238 e. The molecule has 2 N–H and O–H groups in total. The van der Waals surface area contributed by atoms with Gasteiger partial charge in [0.05, 0.1) is 22.1 Å². The standard InChI is InChI=1S/C14H7F5N2O3S/c15-5-24-14-12(18)10(16)9(11(17)13(14)19)7-2-1-6(4-20)3-8(7)25(21,22)23/h1-3H,5H2,(H2,21,22,23). The van der Waals surface area contributed by atoms with E-state index in [4.69, 9.17) is 10.4 Å². The number of rotatable bonds is 4. The maximum atomic E-state index is 14.2. The van der Waals surface area contributed by atoms with E-state index in [2.05, 4.69) is 4.74 Å². The average molecular weight is 378 g/mol. The Hall–Kier alpha value is -2.71. The van der Waals surface area contributed by atoms with Crippen molar-refractivity contribution in [2.75, 3.05) is 6.86 Å². The van der Waals surface area contributed by atoms with Crippen LogP contribution in [0.1, 0.15) is 5.56 Å². The number of ether oxygens (including phenoxy) is 1. The van der Waals surface area contributed by atoms with E-state index >= 15 is 0 Å². The van der Waals surface area contributed by atoms with E-state index in [0.29, 0.717) is 6.07 Å². The summed E-state index contributed by atoms with van der Waals surface area (Å²) >= 11 is 0. The number of nitrogens with zero attached hydrogens (tertiary/aromatic N) is 1. The number of benzene rings is 2. The molecule has 0 saturated heterocycles. The van der Waals surface area contributed by atoms with Crippen LogP contribution in [-0.2, 0) is 10.0 Å². The van der Waals surface area contributed by atoms with Crippen molar-refractivity contribution < 1.29 is 35.1 Å². The normalized spacial score (nSPS) is 11.2. The molecule has 0 aromatic heterocycles. The van der Waals surface area contributed by atoms with Crippen LogP contribution < -0.4 is 9.88 Å². The monoisotopic (exact) mass is 378 g/mol. The van der Waals surface area contributed by atoms with Crippen molar-refractivity contribution in [3.05, 3.63) is 47.0 Å². The minimum atomic E-state index is -4.61. The van der Waals surface area contributed by atoms with Gasteiger partial charge in [0.1, 0.15) is 0 Å². The molecular formula is C14H7F5N2O3S. The number of sulfonamides is 1. The van der Waals surface area contributed by atoms with Gasteiger partial charge in [0, 0.05) is 5.56 Å². The molecule has 2 aromatic carbocycles. The highest BCUT2D eigenvalue weighted by atomic mass is 32.2. The summed E-state index contributed by atoms with van der Waals surface area (Å²) in [5.74, 6) is -9.78. The fourth-order valence-corrected chi connectivity index (χ4v) is 2.83. The van der Waals surface area contributed by atoms with Crippen LogP contribution in [0.2, 0.25) is 0 Å². The van der Waals surface area contributed by atoms with Crippen molar-refractivity contribution in [1.82, 2.24) is 0 Å². The summed E-state index contributed by atoms with van der Waals surface area (Å²) in [5.41, 5.74) is -2.44. The molecule has 0 fully saturated rings. The van der Waals surface area contributed by atoms with E-state index in [0.717, 1.165) is 12.1 Å². The Balaban J connectivity index is 2.92. The second-order valence-electron chi connectivity index (χ2n) is 4.58. The largest absolute Gasteiger partial charge is 0.457 e. The lowest BCUT2D eigenvalue weighted by atomic mass is 10.0. The van der Waals surface area contributed by atoms with Gasteiger partial charge in [0.25, 0.3) is 0 Å². The van der Waals surface area contributed by atoms with Gasteiger partial charge in [-0.05, 0) is 12.1 Å². The topological polar surface area (TPSA) is 93.2 Å². The Morgan fingerprint density at radius 1 is 1.08 bits per heavy atom. The SMILES string of the molecule is N#Cc1ccc(-c2c(F)c(F)c(OCF)c(F)c2F)c(S(N)(=O)=O)c1.